The van der Waals surface area contributed by atoms with Crippen molar-refractivity contribution in [1.82, 2.24) is 10.6 Å². The quantitative estimate of drug-likeness (QED) is 0.420. The highest BCUT2D eigenvalue weighted by Crippen LogP contribution is 1.87. The highest BCUT2D eigenvalue weighted by Gasteiger charge is 2.04. The second-order valence-electron chi connectivity index (χ2n) is 1.43. The third kappa shape index (κ3) is 0.703. The zero-order valence-electron chi connectivity index (χ0n) is 4.27. The molecule has 0 bridgehead atoms. The first kappa shape index (κ1) is 4.90. The summed E-state index contributed by atoms with van der Waals surface area (Å²) in [4.78, 5) is 10.5. The fraction of sp³-hybridized carbons (Fsp3) is 0. The summed E-state index contributed by atoms with van der Waals surface area (Å²) < 4.78 is 0. The van der Waals surface area contributed by atoms with Crippen LogP contribution in [0.5, 0.6) is 0 Å². The van der Waals surface area contributed by atoms with Gasteiger partial charge in [0.1, 0.15) is 0 Å². The lowest BCUT2D eigenvalue weighted by Crippen LogP contribution is -2.29. The molecule has 1 heterocycles. The number of amides is 1. The highest BCUT2D eigenvalue weighted by molar-refractivity contribution is 5.93. The molecule has 0 aromatic rings. The molecule has 0 radical (unpaired) electrons. The van der Waals surface area contributed by atoms with Crippen LogP contribution in [0.25, 0.3) is 0 Å². The van der Waals surface area contributed by atoms with E-state index >= 15 is 0 Å². The summed E-state index contributed by atoms with van der Waals surface area (Å²) in [5.41, 5.74) is 0.382. The molecule has 0 saturated heterocycles. The summed E-state index contributed by atoms with van der Waals surface area (Å²) in [6.45, 7) is 3.42. The molecular formula is C5H6N2O. The molecule has 3 nitrogen and oxygen atoms in total. The Labute approximate surface area is 47.1 Å². The Bertz CT molecular complexity index is 142. The molecule has 0 atom stereocenters. The van der Waals surface area contributed by atoms with Gasteiger partial charge in [-0.2, -0.15) is 0 Å². The van der Waals surface area contributed by atoms with Crippen LogP contribution in [0.15, 0.2) is 24.7 Å². The van der Waals surface area contributed by atoms with Gasteiger partial charge in [0.15, 0.2) is 0 Å². The summed E-state index contributed by atoms with van der Waals surface area (Å²) in [5.74, 6) is -0.174. The topological polar surface area (TPSA) is 41.1 Å². The molecule has 0 unspecified atom stereocenters. The van der Waals surface area contributed by atoms with E-state index in [4.69, 9.17) is 0 Å². The van der Waals surface area contributed by atoms with Gasteiger partial charge in [0.25, 0.3) is 5.91 Å². The van der Waals surface area contributed by atoms with Crippen molar-refractivity contribution in [2.24, 2.45) is 0 Å². The SMILES string of the molecule is C=C1NC=CNC1=O. The number of carbonyl (C=O) groups excluding carboxylic acids is 1. The standard InChI is InChI=1S/C5H6N2O/c1-4-5(8)7-3-2-6-4/h2-3,6H,1H2,(H,7,8). The molecule has 0 spiro atoms. The van der Waals surface area contributed by atoms with Gasteiger partial charge in [-0.15, -0.1) is 0 Å². The molecule has 3 heteroatoms. The Morgan fingerprint density at radius 3 is 2.38 bits per heavy atom. The zero-order chi connectivity index (χ0) is 5.98. The van der Waals surface area contributed by atoms with E-state index in [2.05, 4.69) is 17.2 Å². The van der Waals surface area contributed by atoms with Crippen molar-refractivity contribution >= 4 is 5.91 Å². The zero-order valence-corrected chi connectivity index (χ0v) is 4.27. The van der Waals surface area contributed by atoms with Crippen LogP contribution in [-0.2, 0) is 4.79 Å². The number of rotatable bonds is 0. The third-order valence-electron chi connectivity index (χ3n) is 0.829. The van der Waals surface area contributed by atoms with Crippen molar-refractivity contribution < 1.29 is 4.79 Å². The largest absolute Gasteiger partial charge is 0.356 e. The monoisotopic (exact) mass is 110 g/mol. The van der Waals surface area contributed by atoms with Crippen LogP contribution < -0.4 is 10.6 Å². The van der Waals surface area contributed by atoms with Crippen molar-refractivity contribution in [2.45, 2.75) is 0 Å². The Balaban J connectivity index is 2.71. The molecule has 8 heavy (non-hydrogen) atoms. The second-order valence-corrected chi connectivity index (χ2v) is 1.43. The molecule has 1 amide bonds. The normalized spacial score (nSPS) is 17.5. The molecule has 42 valence electrons. The van der Waals surface area contributed by atoms with Gasteiger partial charge in [-0.05, 0) is 0 Å². The van der Waals surface area contributed by atoms with Gasteiger partial charge in [-0.25, -0.2) is 0 Å². The van der Waals surface area contributed by atoms with Crippen LogP contribution in [0, 0.1) is 0 Å². The van der Waals surface area contributed by atoms with E-state index in [1.807, 2.05) is 0 Å². The number of carbonyl (C=O) groups is 1. The number of hydrogen-bond acceptors (Lipinski definition) is 2. The molecule has 0 aliphatic carbocycles. The minimum atomic E-state index is -0.174. The third-order valence-corrected chi connectivity index (χ3v) is 0.829. The lowest BCUT2D eigenvalue weighted by Gasteiger charge is -2.07. The first-order valence-electron chi connectivity index (χ1n) is 2.22. The van der Waals surface area contributed by atoms with E-state index < -0.39 is 0 Å². The maximum atomic E-state index is 10.5. The van der Waals surface area contributed by atoms with Gasteiger partial charge in [0.2, 0.25) is 0 Å². The predicted octanol–water partition coefficient (Wildman–Crippen LogP) is -0.309. The molecule has 1 aliphatic rings. The molecule has 0 aromatic heterocycles. The van der Waals surface area contributed by atoms with Crippen LogP contribution in [0.1, 0.15) is 0 Å². The van der Waals surface area contributed by atoms with Crippen LogP contribution in [-0.4, -0.2) is 5.91 Å². The van der Waals surface area contributed by atoms with Gasteiger partial charge in [-0.1, -0.05) is 6.58 Å². The van der Waals surface area contributed by atoms with Gasteiger partial charge >= 0.3 is 0 Å². The highest BCUT2D eigenvalue weighted by atomic mass is 16.2. The van der Waals surface area contributed by atoms with Crippen molar-refractivity contribution in [3.63, 3.8) is 0 Å². The van der Waals surface area contributed by atoms with Gasteiger partial charge in [0.05, 0.1) is 5.70 Å². The van der Waals surface area contributed by atoms with Crippen LogP contribution in [0.2, 0.25) is 0 Å². The average molecular weight is 110 g/mol. The van der Waals surface area contributed by atoms with E-state index in [0.29, 0.717) is 5.70 Å². The molecular weight excluding hydrogens is 104 g/mol. The fourth-order valence-electron chi connectivity index (χ4n) is 0.412. The second kappa shape index (κ2) is 1.69. The van der Waals surface area contributed by atoms with E-state index in [9.17, 15) is 4.79 Å². The maximum Gasteiger partial charge on any atom is 0.271 e. The van der Waals surface area contributed by atoms with E-state index in [1.54, 1.807) is 6.20 Å². The first-order valence-corrected chi connectivity index (χ1v) is 2.22. The summed E-state index contributed by atoms with van der Waals surface area (Å²) in [5, 5.41) is 5.09. The number of nitrogens with one attached hydrogen (secondary N) is 2. The number of hydrogen-bond donors (Lipinski definition) is 2. The molecule has 0 aromatic carbocycles. The Kier molecular flexibility index (Phi) is 1.04. The lowest BCUT2D eigenvalue weighted by molar-refractivity contribution is -0.117. The van der Waals surface area contributed by atoms with Gasteiger partial charge in [-0.3, -0.25) is 4.79 Å². The van der Waals surface area contributed by atoms with Crippen molar-refractivity contribution in [3.8, 4) is 0 Å². The van der Waals surface area contributed by atoms with Gasteiger partial charge in [0, 0.05) is 12.4 Å². The van der Waals surface area contributed by atoms with E-state index in [0.717, 1.165) is 0 Å². The summed E-state index contributed by atoms with van der Waals surface area (Å²) in [6.07, 6.45) is 3.14. The molecule has 1 aliphatic heterocycles. The first-order chi connectivity index (χ1) is 3.80. The Morgan fingerprint density at radius 2 is 2.00 bits per heavy atom. The van der Waals surface area contributed by atoms with Crippen molar-refractivity contribution in [2.75, 3.05) is 0 Å². The summed E-state index contributed by atoms with van der Waals surface area (Å²) >= 11 is 0. The van der Waals surface area contributed by atoms with Crippen LogP contribution >= 0.6 is 0 Å². The molecule has 2 N–H and O–H groups in total. The Morgan fingerprint density at radius 1 is 1.38 bits per heavy atom. The maximum absolute atomic E-state index is 10.5. The van der Waals surface area contributed by atoms with Crippen LogP contribution in [0.4, 0.5) is 0 Å². The minimum Gasteiger partial charge on any atom is -0.356 e. The fourth-order valence-corrected chi connectivity index (χ4v) is 0.412. The molecule has 0 fully saturated rings. The van der Waals surface area contributed by atoms with E-state index in [1.165, 1.54) is 6.20 Å². The van der Waals surface area contributed by atoms with Gasteiger partial charge < -0.3 is 10.6 Å². The molecule has 0 saturated carbocycles. The van der Waals surface area contributed by atoms with Crippen molar-refractivity contribution in [3.05, 3.63) is 24.7 Å². The van der Waals surface area contributed by atoms with E-state index in [-0.39, 0.29) is 5.91 Å². The van der Waals surface area contributed by atoms with Crippen LogP contribution in [0.3, 0.4) is 0 Å². The lowest BCUT2D eigenvalue weighted by atomic mass is 10.4. The summed E-state index contributed by atoms with van der Waals surface area (Å²) in [6, 6.07) is 0. The Hall–Kier alpha value is -1.25. The smallest absolute Gasteiger partial charge is 0.271 e. The molecule has 1 rings (SSSR count). The minimum absolute atomic E-state index is 0.174. The average Bonchev–Trinajstić information content (AvgIpc) is 1.77. The summed E-state index contributed by atoms with van der Waals surface area (Å²) in [7, 11) is 0. The van der Waals surface area contributed by atoms with Crippen molar-refractivity contribution in [1.29, 1.82) is 0 Å². The predicted molar refractivity (Wildman–Crippen MR) is 29.6 cm³/mol.